The number of hydrogen-bond acceptors (Lipinski definition) is 6. The number of nitrogens with one attached hydrogen (secondary N) is 1. The van der Waals surface area contributed by atoms with E-state index < -0.39 is 10.0 Å². The molecular formula is C22H27N3O5S. The number of aryl methyl sites for hydroxylation is 1. The van der Waals surface area contributed by atoms with Gasteiger partial charge < -0.3 is 19.3 Å². The molecule has 2 aromatic rings. The number of carbonyl (C=O) groups is 1. The maximum Gasteiger partial charge on any atom is 0.240 e. The molecule has 0 saturated carbocycles. The highest BCUT2D eigenvalue weighted by atomic mass is 32.2. The summed E-state index contributed by atoms with van der Waals surface area (Å²) in [5.41, 5.74) is 2.60. The maximum atomic E-state index is 13.0. The van der Waals surface area contributed by atoms with Gasteiger partial charge in [-0.15, -0.1) is 0 Å². The summed E-state index contributed by atoms with van der Waals surface area (Å²) in [5, 5.41) is 0. The minimum Gasteiger partial charge on any atom is -0.454 e. The number of likely N-dealkylation sites (N-methyl/N-ethyl adjacent to an activating group) is 1. The summed E-state index contributed by atoms with van der Waals surface area (Å²) >= 11 is 0. The molecule has 0 bridgehead atoms. The van der Waals surface area contributed by atoms with Crippen LogP contribution in [0.1, 0.15) is 30.5 Å². The molecule has 2 aliphatic rings. The molecule has 0 fully saturated rings. The lowest BCUT2D eigenvalue weighted by molar-refractivity contribution is -0.116. The molecule has 0 spiro atoms. The van der Waals surface area contributed by atoms with Gasteiger partial charge in [0.2, 0.25) is 22.7 Å². The van der Waals surface area contributed by atoms with Crippen LogP contribution in [0, 0.1) is 0 Å². The van der Waals surface area contributed by atoms with Crippen molar-refractivity contribution in [1.82, 2.24) is 9.62 Å². The Labute approximate surface area is 182 Å². The Hall–Kier alpha value is -2.62. The van der Waals surface area contributed by atoms with Crippen LogP contribution in [-0.4, -0.2) is 53.2 Å². The summed E-state index contributed by atoms with van der Waals surface area (Å²) in [6.45, 7) is 2.58. The van der Waals surface area contributed by atoms with Gasteiger partial charge in [0.05, 0.1) is 4.90 Å². The van der Waals surface area contributed by atoms with Crippen LogP contribution in [0.4, 0.5) is 5.69 Å². The largest absolute Gasteiger partial charge is 0.454 e. The van der Waals surface area contributed by atoms with E-state index in [0.717, 1.165) is 29.7 Å². The average molecular weight is 446 g/mol. The summed E-state index contributed by atoms with van der Waals surface area (Å²) in [6.07, 6.45) is 1.57. The van der Waals surface area contributed by atoms with Crippen molar-refractivity contribution < 1.29 is 22.7 Å². The number of hydrogen-bond donors (Lipinski definition) is 1. The Balaban J connectivity index is 1.53. The van der Waals surface area contributed by atoms with Crippen molar-refractivity contribution in [3.8, 4) is 11.5 Å². The molecule has 2 heterocycles. The minimum atomic E-state index is -3.72. The molecule has 1 N–H and O–H groups in total. The van der Waals surface area contributed by atoms with E-state index in [-0.39, 0.29) is 30.2 Å². The first-order valence-electron chi connectivity index (χ1n) is 10.2. The number of benzene rings is 2. The molecule has 0 saturated heterocycles. The number of rotatable bonds is 6. The second-order valence-corrected chi connectivity index (χ2v) is 9.78. The predicted molar refractivity (Wildman–Crippen MR) is 117 cm³/mol. The number of fused-ring (bicyclic) bond motifs is 2. The molecule has 1 atom stereocenters. The third-order valence-electron chi connectivity index (χ3n) is 5.73. The first-order chi connectivity index (χ1) is 14.8. The number of sulfonamides is 1. The first kappa shape index (κ1) is 21.6. The summed E-state index contributed by atoms with van der Waals surface area (Å²) in [6, 6.07) is 10.4. The van der Waals surface area contributed by atoms with Crippen LogP contribution < -0.4 is 19.1 Å². The fourth-order valence-corrected chi connectivity index (χ4v) is 5.15. The normalized spacial score (nSPS) is 16.3. The second kappa shape index (κ2) is 8.49. The van der Waals surface area contributed by atoms with Crippen LogP contribution in [0.25, 0.3) is 0 Å². The van der Waals surface area contributed by atoms with Crippen LogP contribution in [-0.2, 0) is 21.2 Å². The van der Waals surface area contributed by atoms with Crippen LogP contribution in [0.3, 0.4) is 0 Å². The van der Waals surface area contributed by atoms with Gasteiger partial charge in [-0.2, -0.15) is 0 Å². The lowest BCUT2D eigenvalue weighted by atomic mass is 10.0. The Morgan fingerprint density at radius 1 is 1.16 bits per heavy atom. The summed E-state index contributed by atoms with van der Waals surface area (Å²) < 4.78 is 39.6. The molecule has 2 aliphatic heterocycles. The third-order valence-corrected chi connectivity index (χ3v) is 7.15. The molecular weight excluding hydrogens is 418 g/mol. The standard InChI is InChI=1S/C22H27N3O5S/c1-15(26)25-10-4-5-16-11-18(7-8-19(16)25)31(27,28)23-13-20(24(2)3)17-6-9-21-22(12-17)30-14-29-21/h6-9,11-12,20,23H,4-5,10,13-14H2,1-3H3. The van der Waals surface area contributed by atoms with Crippen molar-refractivity contribution in [2.24, 2.45) is 0 Å². The molecule has 0 aliphatic carbocycles. The van der Waals surface area contributed by atoms with Crippen LogP contribution >= 0.6 is 0 Å². The molecule has 9 heteroatoms. The molecule has 0 radical (unpaired) electrons. The van der Waals surface area contributed by atoms with E-state index in [1.807, 2.05) is 37.2 Å². The maximum absolute atomic E-state index is 13.0. The number of ether oxygens (including phenoxy) is 2. The Morgan fingerprint density at radius 2 is 1.94 bits per heavy atom. The monoisotopic (exact) mass is 445 g/mol. The van der Waals surface area contributed by atoms with Crippen LogP contribution in [0.2, 0.25) is 0 Å². The topological polar surface area (TPSA) is 88.2 Å². The van der Waals surface area contributed by atoms with E-state index >= 15 is 0 Å². The SMILES string of the molecule is CC(=O)N1CCCc2cc(S(=O)(=O)NCC(c3ccc4c(c3)OCO4)N(C)C)ccc21. The summed E-state index contributed by atoms with van der Waals surface area (Å²) in [5.74, 6) is 1.32. The summed E-state index contributed by atoms with van der Waals surface area (Å²) in [4.78, 5) is 15.7. The van der Waals surface area contributed by atoms with E-state index in [1.54, 1.807) is 23.1 Å². The van der Waals surface area contributed by atoms with Gasteiger partial charge in [0.1, 0.15) is 0 Å². The first-order valence-corrected chi connectivity index (χ1v) is 11.7. The van der Waals surface area contributed by atoms with Crippen LogP contribution in [0.15, 0.2) is 41.3 Å². The van der Waals surface area contributed by atoms with E-state index in [4.69, 9.17) is 9.47 Å². The second-order valence-electron chi connectivity index (χ2n) is 8.01. The molecule has 1 amide bonds. The average Bonchev–Trinajstić information content (AvgIpc) is 3.20. The quantitative estimate of drug-likeness (QED) is 0.734. The molecule has 4 rings (SSSR count). The number of carbonyl (C=O) groups excluding carboxylic acids is 1. The van der Waals surface area contributed by atoms with Crippen molar-refractivity contribution >= 4 is 21.6 Å². The smallest absolute Gasteiger partial charge is 0.240 e. The van der Waals surface area contributed by atoms with Gasteiger partial charge in [0.25, 0.3) is 0 Å². The van der Waals surface area contributed by atoms with Gasteiger partial charge in [-0.05, 0) is 68.4 Å². The predicted octanol–water partition coefficient (Wildman–Crippen LogP) is 2.30. The van der Waals surface area contributed by atoms with E-state index in [0.29, 0.717) is 18.0 Å². The highest BCUT2D eigenvalue weighted by Gasteiger charge is 2.25. The lowest BCUT2D eigenvalue weighted by Crippen LogP contribution is -2.35. The Kier molecular flexibility index (Phi) is 5.92. The number of anilines is 1. The fraction of sp³-hybridized carbons (Fsp3) is 0.409. The zero-order valence-corrected chi connectivity index (χ0v) is 18.7. The Morgan fingerprint density at radius 3 is 2.68 bits per heavy atom. The molecule has 166 valence electrons. The van der Waals surface area contributed by atoms with E-state index in [1.165, 1.54) is 6.92 Å². The Bertz CT molecular complexity index is 1100. The summed E-state index contributed by atoms with van der Waals surface area (Å²) in [7, 11) is 0.0875. The number of amides is 1. The lowest BCUT2D eigenvalue weighted by Gasteiger charge is -2.29. The van der Waals surface area contributed by atoms with Gasteiger partial charge in [-0.1, -0.05) is 6.07 Å². The highest BCUT2D eigenvalue weighted by molar-refractivity contribution is 7.89. The molecule has 8 nitrogen and oxygen atoms in total. The molecule has 1 unspecified atom stereocenters. The van der Waals surface area contributed by atoms with Gasteiger partial charge in [-0.25, -0.2) is 13.1 Å². The van der Waals surface area contributed by atoms with Gasteiger partial charge in [0.15, 0.2) is 11.5 Å². The van der Waals surface area contributed by atoms with E-state index in [9.17, 15) is 13.2 Å². The van der Waals surface area contributed by atoms with Gasteiger partial charge in [0, 0.05) is 31.7 Å². The van der Waals surface area contributed by atoms with E-state index in [2.05, 4.69) is 4.72 Å². The zero-order valence-electron chi connectivity index (χ0n) is 17.9. The fourth-order valence-electron chi connectivity index (χ4n) is 4.06. The van der Waals surface area contributed by atoms with Crippen molar-refractivity contribution in [3.63, 3.8) is 0 Å². The highest BCUT2D eigenvalue weighted by Crippen LogP contribution is 2.35. The van der Waals surface area contributed by atoms with Gasteiger partial charge >= 0.3 is 0 Å². The third kappa shape index (κ3) is 4.39. The van der Waals surface area contributed by atoms with Crippen molar-refractivity contribution in [2.45, 2.75) is 30.7 Å². The zero-order chi connectivity index (χ0) is 22.2. The van der Waals surface area contributed by atoms with Crippen LogP contribution in [0.5, 0.6) is 11.5 Å². The molecule has 31 heavy (non-hydrogen) atoms. The van der Waals surface area contributed by atoms with Crippen molar-refractivity contribution in [2.75, 3.05) is 38.9 Å². The van der Waals surface area contributed by atoms with Crippen molar-refractivity contribution in [1.29, 1.82) is 0 Å². The van der Waals surface area contributed by atoms with Gasteiger partial charge in [-0.3, -0.25) is 4.79 Å². The van der Waals surface area contributed by atoms with Crippen molar-refractivity contribution in [3.05, 3.63) is 47.5 Å². The molecule has 2 aromatic carbocycles. The number of nitrogens with zero attached hydrogens (tertiary/aromatic N) is 2. The minimum absolute atomic E-state index is 0.0350. The molecule has 0 aromatic heterocycles.